The quantitative estimate of drug-likeness (QED) is 0.815. The van der Waals surface area contributed by atoms with Gasteiger partial charge in [-0.3, -0.25) is 9.78 Å². The number of amides is 1. The van der Waals surface area contributed by atoms with Gasteiger partial charge in [0, 0.05) is 25.5 Å². The fraction of sp³-hybridized carbons (Fsp3) is 0.538. The van der Waals surface area contributed by atoms with Gasteiger partial charge in [0.2, 0.25) is 15.9 Å². The van der Waals surface area contributed by atoms with E-state index in [1.165, 1.54) is 25.5 Å². The van der Waals surface area contributed by atoms with E-state index in [2.05, 4.69) is 10.3 Å². The molecule has 0 aliphatic carbocycles. The molecule has 0 fully saturated rings. The van der Waals surface area contributed by atoms with Crippen molar-refractivity contribution < 1.29 is 13.2 Å². The molecule has 7 heteroatoms. The summed E-state index contributed by atoms with van der Waals surface area (Å²) >= 11 is 0. The minimum Gasteiger partial charge on any atom is -0.353 e. The SMILES string of the molecule is CCC[C@H](C)NC(=O)CN(C)S(=O)(=O)c1cccnc1. The summed E-state index contributed by atoms with van der Waals surface area (Å²) in [6, 6.07) is 3.04. The Labute approximate surface area is 120 Å². The van der Waals surface area contributed by atoms with Crippen LogP contribution in [0.4, 0.5) is 0 Å². The van der Waals surface area contributed by atoms with E-state index in [0.29, 0.717) is 0 Å². The molecule has 0 aromatic carbocycles. The predicted molar refractivity (Wildman–Crippen MR) is 76.6 cm³/mol. The fourth-order valence-corrected chi connectivity index (χ4v) is 2.88. The zero-order valence-electron chi connectivity index (χ0n) is 12.0. The zero-order valence-corrected chi connectivity index (χ0v) is 12.9. The molecule has 1 heterocycles. The third kappa shape index (κ3) is 4.57. The molecule has 20 heavy (non-hydrogen) atoms. The predicted octanol–water partition coefficient (Wildman–Crippen LogP) is 1.01. The van der Waals surface area contributed by atoms with Crippen LogP contribution in [0.1, 0.15) is 26.7 Å². The van der Waals surface area contributed by atoms with Crippen molar-refractivity contribution in [3.63, 3.8) is 0 Å². The second-order valence-corrected chi connectivity index (χ2v) is 6.75. The molecule has 112 valence electrons. The fourth-order valence-electron chi connectivity index (χ4n) is 1.79. The number of nitrogens with one attached hydrogen (secondary N) is 1. The molecular formula is C13H21N3O3S. The van der Waals surface area contributed by atoms with E-state index in [1.54, 1.807) is 6.07 Å². The second kappa shape index (κ2) is 7.35. The van der Waals surface area contributed by atoms with Gasteiger partial charge >= 0.3 is 0 Å². The van der Waals surface area contributed by atoms with E-state index in [1.807, 2.05) is 13.8 Å². The molecule has 1 N–H and O–H groups in total. The zero-order chi connectivity index (χ0) is 15.2. The third-order valence-electron chi connectivity index (χ3n) is 2.84. The Morgan fingerprint density at radius 2 is 2.20 bits per heavy atom. The monoisotopic (exact) mass is 299 g/mol. The number of sulfonamides is 1. The Bertz CT molecular complexity index is 531. The highest BCUT2D eigenvalue weighted by atomic mass is 32.2. The molecule has 0 saturated heterocycles. The Morgan fingerprint density at radius 1 is 1.50 bits per heavy atom. The van der Waals surface area contributed by atoms with Crippen LogP contribution in [0, 0.1) is 0 Å². The lowest BCUT2D eigenvalue weighted by molar-refractivity contribution is -0.121. The van der Waals surface area contributed by atoms with E-state index >= 15 is 0 Å². The summed E-state index contributed by atoms with van der Waals surface area (Å²) in [4.78, 5) is 15.6. The average Bonchev–Trinajstić information content (AvgIpc) is 2.39. The van der Waals surface area contributed by atoms with Gasteiger partial charge in [0.1, 0.15) is 4.90 Å². The van der Waals surface area contributed by atoms with Crippen LogP contribution in [0.2, 0.25) is 0 Å². The van der Waals surface area contributed by atoms with Gasteiger partial charge in [0.25, 0.3) is 0 Å². The molecular weight excluding hydrogens is 278 g/mol. The average molecular weight is 299 g/mol. The Kier molecular flexibility index (Phi) is 6.09. The number of nitrogens with zero attached hydrogens (tertiary/aromatic N) is 2. The molecule has 1 aromatic heterocycles. The second-order valence-electron chi connectivity index (χ2n) is 4.71. The van der Waals surface area contributed by atoms with E-state index in [-0.39, 0.29) is 23.4 Å². The van der Waals surface area contributed by atoms with Crippen molar-refractivity contribution in [3.05, 3.63) is 24.5 Å². The summed E-state index contributed by atoms with van der Waals surface area (Å²) in [7, 11) is -2.29. The number of hydrogen-bond acceptors (Lipinski definition) is 4. The van der Waals surface area contributed by atoms with Gasteiger partial charge in [-0.05, 0) is 25.5 Å². The van der Waals surface area contributed by atoms with Crippen molar-refractivity contribution in [2.45, 2.75) is 37.6 Å². The first-order valence-corrected chi connectivity index (χ1v) is 7.97. The Balaban J connectivity index is 2.67. The first-order chi connectivity index (χ1) is 9.37. The van der Waals surface area contributed by atoms with E-state index in [9.17, 15) is 13.2 Å². The van der Waals surface area contributed by atoms with Crippen LogP contribution in [0.25, 0.3) is 0 Å². The summed E-state index contributed by atoms with van der Waals surface area (Å²) in [6.07, 6.45) is 4.59. The van der Waals surface area contributed by atoms with Crippen LogP contribution < -0.4 is 5.32 Å². The normalized spacial score (nSPS) is 13.2. The van der Waals surface area contributed by atoms with Crippen molar-refractivity contribution in [1.29, 1.82) is 0 Å². The standard InChI is InChI=1S/C13H21N3O3S/c1-4-6-11(2)15-13(17)10-16(3)20(18,19)12-7-5-8-14-9-12/h5,7-9,11H,4,6,10H2,1-3H3,(H,15,17)/t11-/m0/s1. The third-order valence-corrected chi connectivity index (χ3v) is 4.62. The molecule has 1 atom stereocenters. The van der Waals surface area contributed by atoms with Crippen LogP contribution >= 0.6 is 0 Å². The van der Waals surface area contributed by atoms with Crippen molar-refractivity contribution in [2.75, 3.05) is 13.6 Å². The molecule has 0 spiro atoms. The van der Waals surface area contributed by atoms with Crippen LogP contribution in [-0.2, 0) is 14.8 Å². The van der Waals surface area contributed by atoms with Crippen molar-refractivity contribution in [1.82, 2.24) is 14.6 Å². The highest BCUT2D eigenvalue weighted by molar-refractivity contribution is 7.89. The first-order valence-electron chi connectivity index (χ1n) is 6.53. The number of hydrogen-bond donors (Lipinski definition) is 1. The molecule has 1 amide bonds. The lowest BCUT2D eigenvalue weighted by atomic mass is 10.2. The summed E-state index contributed by atoms with van der Waals surface area (Å²) in [5.74, 6) is -0.305. The largest absolute Gasteiger partial charge is 0.353 e. The van der Waals surface area contributed by atoms with E-state index in [4.69, 9.17) is 0 Å². The summed E-state index contributed by atoms with van der Waals surface area (Å²) in [5.41, 5.74) is 0. The van der Waals surface area contributed by atoms with Crippen LogP contribution in [0.3, 0.4) is 0 Å². The van der Waals surface area contributed by atoms with Gasteiger partial charge < -0.3 is 5.32 Å². The van der Waals surface area contributed by atoms with Gasteiger partial charge in [-0.25, -0.2) is 8.42 Å². The molecule has 1 aromatic rings. The molecule has 6 nitrogen and oxygen atoms in total. The number of carbonyl (C=O) groups excluding carboxylic acids is 1. The van der Waals surface area contributed by atoms with Crippen LogP contribution in [0.15, 0.2) is 29.4 Å². The minimum atomic E-state index is -3.67. The highest BCUT2D eigenvalue weighted by Gasteiger charge is 2.23. The van der Waals surface area contributed by atoms with Crippen LogP contribution in [0.5, 0.6) is 0 Å². The maximum atomic E-state index is 12.2. The van der Waals surface area contributed by atoms with E-state index in [0.717, 1.165) is 17.1 Å². The van der Waals surface area contributed by atoms with Gasteiger partial charge in [-0.1, -0.05) is 13.3 Å². The topological polar surface area (TPSA) is 79.4 Å². The smallest absolute Gasteiger partial charge is 0.244 e. The van der Waals surface area contributed by atoms with Crippen molar-refractivity contribution in [3.8, 4) is 0 Å². The lowest BCUT2D eigenvalue weighted by Gasteiger charge is -2.18. The van der Waals surface area contributed by atoms with Gasteiger partial charge in [-0.2, -0.15) is 4.31 Å². The van der Waals surface area contributed by atoms with Gasteiger partial charge in [0.05, 0.1) is 6.54 Å². The number of pyridine rings is 1. The van der Waals surface area contributed by atoms with Crippen LogP contribution in [-0.4, -0.2) is 43.2 Å². The summed E-state index contributed by atoms with van der Waals surface area (Å²) < 4.78 is 25.4. The van der Waals surface area contributed by atoms with Gasteiger partial charge in [0.15, 0.2) is 0 Å². The van der Waals surface area contributed by atoms with E-state index < -0.39 is 10.0 Å². The Morgan fingerprint density at radius 3 is 2.75 bits per heavy atom. The minimum absolute atomic E-state index is 0.0435. The van der Waals surface area contributed by atoms with Crippen molar-refractivity contribution >= 4 is 15.9 Å². The summed E-state index contributed by atoms with van der Waals surface area (Å²) in [6.45, 7) is 3.73. The molecule has 0 radical (unpaired) electrons. The highest BCUT2D eigenvalue weighted by Crippen LogP contribution is 2.11. The maximum Gasteiger partial charge on any atom is 0.244 e. The number of rotatable bonds is 7. The molecule has 1 rings (SSSR count). The molecule has 0 aliphatic rings. The Hall–Kier alpha value is -1.47. The lowest BCUT2D eigenvalue weighted by Crippen LogP contribution is -2.41. The number of likely N-dealkylation sites (N-methyl/N-ethyl adjacent to an activating group) is 1. The number of aromatic nitrogens is 1. The molecule has 0 saturated carbocycles. The summed E-state index contributed by atoms with van der Waals surface area (Å²) in [5, 5.41) is 2.77. The van der Waals surface area contributed by atoms with Gasteiger partial charge in [-0.15, -0.1) is 0 Å². The molecule has 0 unspecified atom stereocenters. The molecule has 0 aliphatic heterocycles. The number of carbonyl (C=O) groups is 1. The maximum absolute atomic E-state index is 12.2. The first kappa shape index (κ1) is 16.6. The van der Waals surface area contributed by atoms with Crippen molar-refractivity contribution in [2.24, 2.45) is 0 Å². The molecule has 0 bridgehead atoms.